The number of rotatable bonds is 2. The van der Waals surface area contributed by atoms with Crippen molar-refractivity contribution in [3.8, 4) is 0 Å². The largest absolute Gasteiger partial charge is 0.370 e. The van der Waals surface area contributed by atoms with E-state index in [-0.39, 0.29) is 12.2 Å². The lowest BCUT2D eigenvalue weighted by molar-refractivity contribution is -0.00381. The first-order valence-electron chi connectivity index (χ1n) is 6.44. The van der Waals surface area contributed by atoms with Crippen LogP contribution in [-0.4, -0.2) is 41.1 Å². The van der Waals surface area contributed by atoms with Gasteiger partial charge in [-0.2, -0.15) is 0 Å². The van der Waals surface area contributed by atoms with Gasteiger partial charge in [-0.15, -0.1) is 11.6 Å². The van der Waals surface area contributed by atoms with Crippen LogP contribution in [0, 0.1) is 0 Å². The predicted octanol–water partition coefficient (Wildman–Crippen LogP) is 2.46. The molecule has 2 atom stereocenters. The molecule has 1 fully saturated rings. The molecule has 1 aromatic carbocycles. The number of ether oxygens (including phenoxy) is 1. The first-order chi connectivity index (χ1) is 9.26. The van der Waals surface area contributed by atoms with Crippen LogP contribution in [0.5, 0.6) is 0 Å². The first kappa shape index (κ1) is 12.6. The molecular formula is C14H16ClN3O. The Hall–Kier alpha value is -1.39. The minimum absolute atomic E-state index is 0.0421. The lowest BCUT2D eigenvalue weighted by atomic mass is 10.2. The average Bonchev–Trinajstić information content (AvgIpc) is 2.46. The van der Waals surface area contributed by atoms with Gasteiger partial charge in [0.2, 0.25) is 5.95 Å². The Bertz CT molecular complexity index is 577. The van der Waals surface area contributed by atoms with E-state index in [0.29, 0.717) is 5.88 Å². The minimum atomic E-state index is 0.0421. The Morgan fingerprint density at radius 3 is 3.05 bits per heavy atom. The zero-order valence-corrected chi connectivity index (χ0v) is 11.5. The van der Waals surface area contributed by atoms with Crippen LogP contribution in [0.1, 0.15) is 6.92 Å². The third kappa shape index (κ3) is 2.65. The van der Waals surface area contributed by atoms with Crippen molar-refractivity contribution in [2.24, 2.45) is 0 Å². The van der Waals surface area contributed by atoms with Crippen LogP contribution in [-0.2, 0) is 4.74 Å². The van der Waals surface area contributed by atoms with E-state index in [4.69, 9.17) is 16.3 Å². The molecule has 100 valence electrons. The quantitative estimate of drug-likeness (QED) is 0.791. The van der Waals surface area contributed by atoms with E-state index in [2.05, 4.69) is 14.9 Å². The smallest absolute Gasteiger partial charge is 0.226 e. The Morgan fingerprint density at radius 2 is 2.21 bits per heavy atom. The fourth-order valence-electron chi connectivity index (χ4n) is 2.41. The topological polar surface area (TPSA) is 38.2 Å². The van der Waals surface area contributed by atoms with E-state index < -0.39 is 0 Å². The van der Waals surface area contributed by atoms with E-state index >= 15 is 0 Å². The molecule has 1 aliphatic rings. The second kappa shape index (κ2) is 5.31. The molecule has 1 saturated heterocycles. The number of anilines is 1. The van der Waals surface area contributed by atoms with Gasteiger partial charge in [0, 0.05) is 24.7 Å². The lowest BCUT2D eigenvalue weighted by Crippen LogP contribution is -2.48. The van der Waals surface area contributed by atoms with Gasteiger partial charge in [0.1, 0.15) is 0 Å². The molecule has 3 rings (SSSR count). The van der Waals surface area contributed by atoms with E-state index in [1.165, 1.54) is 0 Å². The molecule has 2 aromatic rings. The van der Waals surface area contributed by atoms with Crippen LogP contribution in [0.4, 0.5) is 5.95 Å². The van der Waals surface area contributed by atoms with E-state index in [1.54, 1.807) is 0 Å². The zero-order chi connectivity index (χ0) is 13.2. The predicted molar refractivity (Wildman–Crippen MR) is 76.8 cm³/mol. The van der Waals surface area contributed by atoms with Crippen molar-refractivity contribution in [3.05, 3.63) is 30.5 Å². The number of hydrogen-bond donors (Lipinski definition) is 0. The second-order valence-electron chi connectivity index (χ2n) is 4.86. The van der Waals surface area contributed by atoms with Gasteiger partial charge in [0.05, 0.1) is 23.6 Å². The SMILES string of the molecule is CC1CN(c2ncc3ccccc3n2)CC(CCl)O1. The molecule has 4 nitrogen and oxygen atoms in total. The maximum atomic E-state index is 5.90. The van der Waals surface area contributed by atoms with Gasteiger partial charge >= 0.3 is 0 Å². The Morgan fingerprint density at radius 1 is 1.37 bits per heavy atom. The molecule has 1 aliphatic heterocycles. The van der Waals surface area contributed by atoms with Gasteiger partial charge in [0.15, 0.2) is 0 Å². The van der Waals surface area contributed by atoms with Gasteiger partial charge in [0.25, 0.3) is 0 Å². The van der Waals surface area contributed by atoms with Gasteiger partial charge in [-0.3, -0.25) is 0 Å². The number of fused-ring (bicyclic) bond motifs is 1. The molecule has 19 heavy (non-hydrogen) atoms. The molecule has 0 bridgehead atoms. The summed E-state index contributed by atoms with van der Waals surface area (Å²) in [5, 5.41) is 1.06. The monoisotopic (exact) mass is 277 g/mol. The molecule has 0 amide bonds. The highest BCUT2D eigenvalue weighted by Crippen LogP contribution is 2.19. The number of nitrogens with zero attached hydrogens (tertiary/aromatic N) is 3. The normalized spacial score (nSPS) is 23.8. The maximum Gasteiger partial charge on any atom is 0.226 e. The number of alkyl halides is 1. The lowest BCUT2D eigenvalue weighted by Gasteiger charge is -2.36. The van der Waals surface area contributed by atoms with Gasteiger partial charge in [-0.1, -0.05) is 18.2 Å². The molecular weight excluding hydrogens is 262 g/mol. The van der Waals surface area contributed by atoms with Crippen LogP contribution in [0.15, 0.2) is 30.5 Å². The van der Waals surface area contributed by atoms with Crippen molar-refractivity contribution in [1.29, 1.82) is 0 Å². The molecule has 0 N–H and O–H groups in total. The molecule has 2 heterocycles. The highest BCUT2D eigenvalue weighted by Gasteiger charge is 2.26. The summed E-state index contributed by atoms with van der Waals surface area (Å²) in [5.41, 5.74) is 0.967. The van der Waals surface area contributed by atoms with Crippen molar-refractivity contribution in [3.63, 3.8) is 0 Å². The molecule has 0 aliphatic carbocycles. The molecule has 1 aromatic heterocycles. The Labute approximate surface area is 117 Å². The summed E-state index contributed by atoms with van der Waals surface area (Å²) in [4.78, 5) is 11.2. The number of halogens is 1. The summed E-state index contributed by atoms with van der Waals surface area (Å²) < 4.78 is 5.75. The number of morpholine rings is 1. The van der Waals surface area contributed by atoms with Crippen LogP contribution in [0.25, 0.3) is 10.9 Å². The molecule has 2 unspecified atom stereocenters. The van der Waals surface area contributed by atoms with Crippen LogP contribution < -0.4 is 4.90 Å². The van der Waals surface area contributed by atoms with Crippen LogP contribution >= 0.6 is 11.6 Å². The van der Waals surface area contributed by atoms with Crippen molar-refractivity contribution in [2.75, 3.05) is 23.9 Å². The molecule has 0 saturated carbocycles. The minimum Gasteiger partial charge on any atom is -0.370 e. The fourth-order valence-corrected chi connectivity index (χ4v) is 2.58. The number of para-hydroxylation sites is 1. The maximum absolute atomic E-state index is 5.90. The molecule has 0 radical (unpaired) electrons. The summed E-state index contributed by atoms with van der Waals surface area (Å²) in [7, 11) is 0. The summed E-state index contributed by atoms with van der Waals surface area (Å²) >= 11 is 5.90. The summed E-state index contributed by atoms with van der Waals surface area (Å²) in [6, 6.07) is 8.00. The highest BCUT2D eigenvalue weighted by molar-refractivity contribution is 6.18. The number of aromatic nitrogens is 2. The second-order valence-corrected chi connectivity index (χ2v) is 5.17. The third-order valence-corrected chi connectivity index (χ3v) is 3.60. The Kier molecular flexibility index (Phi) is 3.53. The highest BCUT2D eigenvalue weighted by atomic mass is 35.5. The number of hydrogen-bond acceptors (Lipinski definition) is 4. The van der Waals surface area contributed by atoms with Crippen molar-refractivity contribution >= 4 is 28.5 Å². The van der Waals surface area contributed by atoms with Crippen LogP contribution in [0.3, 0.4) is 0 Å². The van der Waals surface area contributed by atoms with Gasteiger partial charge in [-0.25, -0.2) is 9.97 Å². The molecule has 5 heteroatoms. The van der Waals surface area contributed by atoms with E-state index in [9.17, 15) is 0 Å². The zero-order valence-electron chi connectivity index (χ0n) is 10.8. The fraction of sp³-hybridized carbons (Fsp3) is 0.429. The standard InChI is InChI=1S/C14H16ClN3O/c1-10-8-18(9-12(6-15)19-10)14-16-7-11-4-2-3-5-13(11)17-14/h2-5,7,10,12H,6,8-9H2,1H3. The van der Waals surface area contributed by atoms with Crippen molar-refractivity contribution < 1.29 is 4.74 Å². The van der Waals surface area contributed by atoms with Gasteiger partial charge < -0.3 is 9.64 Å². The molecule has 0 spiro atoms. The van der Waals surface area contributed by atoms with E-state index in [0.717, 1.165) is 29.9 Å². The van der Waals surface area contributed by atoms with Crippen molar-refractivity contribution in [2.45, 2.75) is 19.1 Å². The van der Waals surface area contributed by atoms with Gasteiger partial charge in [-0.05, 0) is 13.0 Å². The summed E-state index contributed by atoms with van der Waals surface area (Å²) in [6.07, 6.45) is 2.06. The summed E-state index contributed by atoms with van der Waals surface area (Å²) in [6.45, 7) is 3.59. The van der Waals surface area contributed by atoms with E-state index in [1.807, 2.05) is 37.4 Å². The van der Waals surface area contributed by atoms with Crippen molar-refractivity contribution in [1.82, 2.24) is 9.97 Å². The Balaban J connectivity index is 1.90. The summed E-state index contributed by atoms with van der Waals surface area (Å²) in [5.74, 6) is 1.25. The number of benzene rings is 1. The average molecular weight is 278 g/mol. The first-order valence-corrected chi connectivity index (χ1v) is 6.98. The third-order valence-electron chi connectivity index (χ3n) is 3.26. The van der Waals surface area contributed by atoms with Crippen LogP contribution in [0.2, 0.25) is 0 Å².